The summed E-state index contributed by atoms with van der Waals surface area (Å²) in [7, 11) is 0. The van der Waals surface area contributed by atoms with E-state index in [2.05, 4.69) is 0 Å². The Hall–Kier alpha value is -2.01. The molecule has 1 aliphatic rings. The Bertz CT molecular complexity index is 759. The molecule has 6 heteroatoms. The molecule has 0 spiro atoms. The van der Waals surface area contributed by atoms with Crippen LogP contribution >= 0.6 is 11.6 Å². The molecule has 5 nitrogen and oxygen atoms in total. The van der Waals surface area contributed by atoms with Gasteiger partial charge in [0.25, 0.3) is 0 Å². The lowest BCUT2D eigenvalue weighted by molar-refractivity contribution is -0.145. The molecular weight excluding hydrogens is 318 g/mol. The molecule has 1 fully saturated rings. The molecule has 1 aromatic heterocycles. The number of carbonyl (C=O) groups is 2. The van der Waals surface area contributed by atoms with Gasteiger partial charge in [-0.1, -0.05) is 11.6 Å². The minimum Gasteiger partial charge on any atom is -0.481 e. The first-order valence-electron chi connectivity index (χ1n) is 7.62. The lowest BCUT2D eigenvalue weighted by Crippen LogP contribution is -2.40. The van der Waals surface area contributed by atoms with Crippen molar-refractivity contribution in [1.29, 1.82) is 0 Å². The summed E-state index contributed by atoms with van der Waals surface area (Å²) in [5, 5.41) is 10.5. The number of hydrogen-bond acceptors (Lipinski definition) is 3. The predicted molar refractivity (Wildman–Crippen MR) is 86.6 cm³/mol. The van der Waals surface area contributed by atoms with E-state index < -0.39 is 5.97 Å². The molecule has 122 valence electrons. The molecule has 1 N–H and O–H groups in total. The van der Waals surface area contributed by atoms with Crippen molar-refractivity contribution in [2.45, 2.75) is 26.2 Å². The monoisotopic (exact) mass is 335 g/mol. The number of furan rings is 1. The fourth-order valence-electron chi connectivity index (χ4n) is 2.99. The first-order valence-corrected chi connectivity index (χ1v) is 8.00. The predicted octanol–water partition coefficient (Wildman–Crippen LogP) is 3.26. The van der Waals surface area contributed by atoms with Crippen LogP contribution in [0.5, 0.6) is 0 Å². The zero-order valence-corrected chi connectivity index (χ0v) is 13.6. The fraction of sp³-hybridized carbons (Fsp3) is 0.412. The van der Waals surface area contributed by atoms with Crippen molar-refractivity contribution in [3.8, 4) is 0 Å². The number of carboxylic acid groups (broad SMARTS) is 1. The maximum absolute atomic E-state index is 12.4. The SMILES string of the molecule is Cc1cc2occ(CC(=O)N3CCC(C(=O)O)CC3)c2cc1Cl. The molecule has 0 radical (unpaired) electrons. The van der Waals surface area contributed by atoms with Gasteiger partial charge in [-0.3, -0.25) is 9.59 Å². The highest BCUT2D eigenvalue weighted by molar-refractivity contribution is 6.32. The van der Waals surface area contributed by atoms with E-state index in [1.54, 1.807) is 11.2 Å². The van der Waals surface area contributed by atoms with E-state index in [0.717, 1.165) is 22.1 Å². The second-order valence-electron chi connectivity index (χ2n) is 6.03. The Morgan fingerprint density at radius 3 is 2.70 bits per heavy atom. The molecule has 0 unspecified atom stereocenters. The van der Waals surface area contributed by atoms with Gasteiger partial charge in [-0.05, 0) is 37.5 Å². The van der Waals surface area contributed by atoms with Gasteiger partial charge in [0.1, 0.15) is 5.58 Å². The van der Waals surface area contributed by atoms with Gasteiger partial charge in [0.15, 0.2) is 0 Å². The minimum atomic E-state index is -0.775. The largest absolute Gasteiger partial charge is 0.481 e. The van der Waals surface area contributed by atoms with E-state index in [1.165, 1.54) is 0 Å². The lowest BCUT2D eigenvalue weighted by atomic mass is 9.96. The van der Waals surface area contributed by atoms with Crippen molar-refractivity contribution in [2.75, 3.05) is 13.1 Å². The molecule has 1 saturated heterocycles. The van der Waals surface area contributed by atoms with Gasteiger partial charge >= 0.3 is 5.97 Å². The normalized spacial score (nSPS) is 16.0. The smallest absolute Gasteiger partial charge is 0.306 e. The first kappa shape index (κ1) is 15.9. The molecule has 1 amide bonds. The molecule has 1 aromatic carbocycles. The van der Waals surface area contributed by atoms with Crippen molar-refractivity contribution in [2.24, 2.45) is 5.92 Å². The summed E-state index contributed by atoms with van der Waals surface area (Å²) in [6, 6.07) is 3.69. The van der Waals surface area contributed by atoms with Crippen LogP contribution in [0.25, 0.3) is 11.0 Å². The number of benzene rings is 1. The average Bonchev–Trinajstić information content (AvgIpc) is 2.90. The number of fused-ring (bicyclic) bond motifs is 1. The van der Waals surface area contributed by atoms with Gasteiger partial charge in [-0.25, -0.2) is 0 Å². The summed E-state index contributed by atoms with van der Waals surface area (Å²) in [5.41, 5.74) is 2.47. The van der Waals surface area contributed by atoms with Crippen molar-refractivity contribution in [3.05, 3.63) is 34.5 Å². The Morgan fingerprint density at radius 2 is 2.04 bits per heavy atom. The molecule has 23 heavy (non-hydrogen) atoms. The summed E-state index contributed by atoms with van der Waals surface area (Å²) >= 11 is 6.15. The highest BCUT2D eigenvalue weighted by Crippen LogP contribution is 2.28. The van der Waals surface area contributed by atoms with Crippen LogP contribution in [0.3, 0.4) is 0 Å². The van der Waals surface area contributed by atoms with Gasteiger partial charge in [-0.15, -0.1) is 0 Å². The fourth-order valence-corrected chi connectivity index (χ4v) is 3.15. The number of rotatable bonds is 3. The van der Waals surface area contributed by atoms with Crippen LogP contribution in [0.1, 0.15) is 24.0 Å². The first-order chi connectivity index (χ1) is 11.0. The molecule has 2 heterocycles. The van der Waals surface area contributed by atoms with E-state index in [9.17, 15) is 9.59 Å². The molecule has 2 aromatic rings. The topological polar surface area (TPSA) is 70.8 Å². The zero-order chi connectivity index (χ0) is 16.6. The number of aryl methyl sites for hydroxylation is 1. The zero-order valence-electron chi connectivity index (χ0n) is 12.8. The van der Waals surface area contributed by atoms with Gasteiger partial charge < -0.3 is 14.4 Å². The molecule has 3 rings (SSSR count). The van der Waals surface area contributed by atoms with Crippen LogP contribution in [0.15, 0.2) is 22.8 Å². The van der Waals surface area contributed by atoms with E-state index in [4.69, 9.17) is 21.1 Å². The van der Waals surface area contributed by atoms with Crippen LogP contribution in [-0.2, 0) is 16.0 Å². The number of likely N-dealkylation sites (tertiary alicyclic amines) is 1. The molecular formula is C17H18ClNO4. The second kappa shape index (κ2) is 6.24. The lowest BCUT2D eigenvalue weighted by Gasteiger charge is -2.30. The number of hydrogen-bond donors (Lipinski definition) is 1. The summed E-state index contributed by atoms with van der Waals surface area (Å²) in [6.07, 6.45) is 2.86. The van der Waals surface area contributed by atoms with Crippen molar-refractivity contribution >= 4 is 34.4 Å². The third kappa shape index (κ3) is 3.20. The van der Waals surface area contributed by atoms with E-state index in [0.29, 0.717) is 31.0 Å². The number of carboxylic acids is 1. The number of carbonyl (C=O) groups excluding carboxylic acids is 1. The Kier molecular flexibility index (Phi) is 4.31. The molecule has 0 saturated carbocycles. The average molecular weight is 336 g/mol. The van der Waals surface area contributed by atoms with Crippen molar-refractivity contribution < 1.29 is 19.1 Å². The molecule has 0 aliphatic carbocycles. The van der Waals surface area contributed by atoms with Crippen LogP contribution in [0.4, 0.5) is 0 Å². The summed E-state index contributed by atoms with van der Waals surface area (Å²) < 4.78 is 5.51. The van der Waals surface area contributed by atoms with E-state index >= 15 is 0 Å². The van der Waals surface area contributed by atoms with Gasteiger partial charge in [0.2, 0.25) is 5.91 Å². The van der Waals surface area contributed by atoms with Gasteiger partial charge in [-0.2, -0.15) is 0 Å². The third-order valence-electron chi connectivity index (χ3n) is 4.47. The van der Waals surface area contributed by atoms with Gasteiger partial charge in [0.05, 0.1) is 18.6 Å². The van der Waals surface area contributed by atoms with Crippen LogP contribution in [0, 0.1) is 12.8 Å². The van der Waals surface area contributed by atoms with E-state index in [1.807, 2.05) is 19.1 Å². The summed E-state index contributed by atoms with van der Waals surface area (Å²) in [4.78, 5) is 25.1. The Morgan fingerprint density at radius 1 is 1.35 bits per heavy atom. The Balaban J connectivity index is 1.71. The number of nitrogens with zero attached hydrogens (tertiary/aromatic N) is 1. The highest BCUT2D eigenvalue weighted by Gasteiger charge is 2.27. The number of amides is 1. The number of aliphatic carboxylic acids is 1. The van der Waals surface area contributed by atoms with Crippen LogP contribution < -0.4 is 0 Å². The van der Waals surface area contributed by atoms with E-state index in [-0.39, 0.29) is 18.2 Å². The summed E-state index contributed by atoms with van der Waals surface area (Å²) in [6.45, 7) is 2.89. The molecule has 0 atom stereocenters. The maximum atomic E-state index is 12.4. The second-order valence-corrected chi connectivity index (χ2v) is 6.44. The molecule has 1 aliphatic heterocycles. The number of halogens is 1. The van der Waals surface area contributed by atoms with Crippen molar-refractivity contribution in [3.63, 3.8) is 0 Å². The summed E-state index contributed by atoms with van der Waals surface area (Å²) in [5.74, 6) is -1.12. The molecule has 0 bridgehead atoms. The standard InChI is InChI=1S/C17H18ClNO4/c1-10-6-15-13(8-14(10)18)12(9-23-15)7-16(20)19-4-2-11(3-5-19)17(21)22/h6,8-9,11H,2-5,7H2,1H3,(H,21,22). The Labute approximate surface area is 138 Å². The van der Waals surface area contributed by atoms with Crippen molar-refractivity contribution in [1.82, 2.24) is 4.90 Å². The third-order valence-corrected chi connectivity index (χ3v) is 4.88. The van der Waals surface area contributed by atoms with Gasteiger partial charge in [0, 0.05) is 29.1 Å². The quantitative estimate of drug-likeness (QED) is 0.934. The van der Waals surface area contributed by atoms with Crippen LogP contribution in [0.2, 0.25) is 5.02 Å². The highest BCUT2D eigenvalue weighted by atomic mass is 35.5. The number of piperidine rings is 1. The maximum Gasteiger partial charge on any atom is 0.306 e. The van der Waals surface area contributed by atoms with Crippen LogP contribution in [-0.4, -0.2) is 35.0 Å². The minimum absolute atomic E-state index is 0.00626.